The third-order valence-electron chi connectivity index (χ3n) is 6.13. The molecular weight excluding hydrogens is 449 g/mol. The van der Waals surface area contributed by atoms with Crippen LogP contribution in [0.3, 0.4) is 0 Å². The number of rotatable bonds is 3. The number of benzene rings is 1. The molecular formula is C25H26FN7O2. The fourth-order valence-electron chi connectivity index (χ4n) is 4.23. The first-order chi connectivity index (χ1) is 16.6. The van der Waals surface area contributed by atoms with E-state index in [2.05, 4.69) is 16.0 Å². The highest BCUT2D eigenvalue weighted by atomic mass is 19.1. The molecule has 35 heavy (non-hydrogen) atoms. The fourth-order valence-corrected chi connectivity index (χ4v) is 4.23. The van der Waals surface area contributed by atoms with Gasteiger partial charge in [0.2, 0.25) is 0 Å². The van der Waals surface area contributed by atoms with Crippen molar-refractivity contribution in [2.75, 3.05) is 19.6 Å². The van der Waals surface area contributed by atoms with Gasteiger partial charge in [0.15, 0.2) is 5.54 Å². The highest BCUT2D eigenvalue weighted by Gasteiger charge is 2.42. The molecule has 1 unspecified atom stereocenters. The van der Waals surface area contributed by atoms with Crippen LogP contribution in [0.25, 0.3) is 11.3 Å². The number of imidazole rings is 1. The van der Waals surface area contributed by atoms with Crippen molar-refractivity contribution in [3.8, 4) is 17.3 Å². The summed E-state index contributed by atoms with van der Waals surface area (Å²) in [6.45, 7) is 8.57. The maximum atomic E-state index is 13.6. The van der Waals surface area contributed by atoms with Gasteiger partial charge in [-0.05, 0) is 64.1 Å². The first-order valence-electron chi connectivity index (χ1n) is 11.4. The lowest BCUT2D eigenvalue weighted by molar-refractivity contribution is 0.00101. The van der Waals surface area contributed by atoms with Crippen molar-refractivity contribution >= 4 is 17.6 Å². The van der Waals surface area contributed by atoms with Crippen LogP contribution in [0.2, 0.25) is 0 Å². The number of halogens is 1. The number of likely N-dealkylation sites (tertiary alicyclic amines) is 1. The van der Waals surface area contributed by atoms with Crippen LogP contribution in [0.1, 0.15) is 39.4 Å². The minimum atomic E-state index is -0.879. The summed E-state index contributed by atoms with van der Waals surface area (Å²) in [6, 6.07) is 8.40. The van der Waals surface area contributed by atoms with E-state index in [-0.39, 0.29) is 18.0 Å². The van der Waals surface area contributed by atoms with Crippen LogP contribution >= 0.6 is 0 Å². The van der Waals surface area contributed by atoms with Gasteiger partial charge < -0.3 is 14.2 Å². The van der Waals surface area contributed by atoms with Gasteiger partial charge in [-0.15, -0.1) is 0 Å². The Morgan fingerprint density at radius 3 is 2.60 bits per heavy atom. The number of fused-ring (bicyclic) bond motifs is 1. The molecule has 0 radical (unpaired) electrons. The topological polar surface area (TPSA) is 99.1 Å². The number of ether oxygens (including phenoxy) is 1. The molecule has 1 amide bonds. The Hall–Kier alpha value is -4.00. The lowest BCUT2D eigenvalue weighted by atomic mass is 10.0. The second-order valence-electron chi connectivity index (χ2n) is 10.1. The van der Waals surface area contributed by atoms with Crippen LogP contribution in [0, 0.1) is 17.1 Å². The first kappa shape index (κ1) is 22.8. The third-order valence-corrected chi connectivity index (χ3v) is 6.13. The molecule has 2 aromatic rings. The maximum absolute atomic E-state index is 13.6. The van der Waals surface area contributed by atoms with Crippen molar-refractivity contribution < 1.29 is 13.9 Å². The molecule has 0 aliphatic carbocycles. The zero-order valence-electron chi connectivity index (χ0n) is 20.1. The Morgan fingerprint density at radius 1 is 1.23 bits per heavy atom. The predicted molar refractivity (Wildman–Crippen MR) is 128 cm³/mol. The number of amides is 1. The molecule has 1 atom stereocenters. The van der Waals surface area contributed by atoms with Crippen LogP contribution in [0.5, 0.6) is 0 Å². The van der Waals surface area contributed by atoms with E-state index >= 15 is 0 Å². The lowest BCUT2D eigenvalue weighted by Gasteiger charge is -2.41. The quantitative estimate of drug-likeness (QED) is 0.673. The summed E-state index contributed by atoms with van der Waals surface area (Å²) >= 11 is 0. The molecule has 5 rings (SSSR count). The van der Waals surface area contributed by atoms with E-state index in [1.165, 1.54) is 12.1 Å². The summed E-state index contributed by atoms with van der Waals surface area (Å²) in [6.07, 6.45) is 5.05. The van der Waals surface area contributed by atoms with E-state index in [4.69, 9.17) is 9.84 Å². The number of carbonyl (C=O) groups excluding carboxylic acids is 1. The fraction of sp³-hybridized carbons (Fsp3) is 0.400. The summed E-state index contributed by atoms with van der Waals surface area (Å²) in [5.41, 5.74) is 1.27. The molecule has 3 aliphatic rings. The van der Waals surface area contributed by atoms with Gasteiger partial charge in [-0.25, -0.2) is 19.2 Å². The van der Waals surface area contributed by atoms with Crippen molar-refractivity contribution in [3.05, 3.63) is 54.3 Å². The SMILES string of the molecule is CC(C)(C)OC(=O)N1CC(n2cnc(-c3ccc(F)cc3)c2C2=NN3C(=NCC3(C)C#N)C=C2)C1. The number of nitriles is 1. The Labute approximate surface area is 202 Å². The minimum Gasteiger partial charge on any atom is -0.444 e. The van der Waals surface area contributed by atoms with E-state index in [1.807, 2.05) is 37.5 Å². The summed E-state index contributed by atoms with van der Waals surface area (Å²) in [5.74, 6) is 0.297. The van der Waals surface area contributed by atoms with Crippen molar-refractivity contribution in [2.45, 2.75) is 44.9 Å². The standard InChI is InChI=1S/C25H26FN7O2/c1-24(2,3)35-23(34)31-11-18(12-31)32-15-29-21(16-5-7-17(26)8-6-16)22(32)19-9-10-20-28-14-25(4,13-27)33(20)30-19/h5-10,15,18H,11-12,14H2,1-4H3. The molecule has 0 N–H and O–H groups in total. The van der Waals surface area contributed by atoms with Gasteiger partial charge in [-0.3, -0.25) is 4.99 Å². The second-order valence-corrected chi connectivity index (χ2v) is 10.1. The maximum Gasteiger partial charge on any atom is 0.410 e. The van der Waals surface area contributed by atoms with Gasteiger partial charge >= 0.3 is 6.09 Å². The number of aliphatic imine (C=N–C) groups is 1. The van der Waals surface area contributed by atoms with E-state index in [0.29, 0.717) is 36.9 Å². The average Bonchev–Trinajstić information content (AvgIpc) is 3.34. The number of nitrogens with zero attached hydrogens (tertiary/aromatic N) is 7. The van der Waals surface area contributed by atoms with Gasteiger partial charge in [-0.2, -0.15) is 10.4 Å². The minimum absolute atomic E-state index is 0.0358. The number of allylic oxidation sites excluding steroid dienone is 1. The van der Waals surface area contributed by atoms with E-state index in [9.17, 15) is 14.4 Å². The number of carbonyl (C=O) groups is 1. The molecule has 10 heteroatoms. The molecule has 180 valence electrons. The van der Waals surface area contributed by atoms with Gasteiger partial charge in [0.25, 0.3) is 0 Å². The van der Waals surface area contributed by atoms with Crippen LogP contribution in [0.15, 0.2) is 52.8 Å². The predicted octanol–water partition coefficient (Wildman–Crippen LogP) is 3.75. The van der Waals surface area contributed by atoms with Crippen molar-refractivity contribution in [1.82, 2.24) is 19.5 Å². The van der Waals surface area contributed by atoms with Crippen molar-refractivity contribution in [2.24, 2.45) is 10.1 Å². The number of amidine groups is 1. The molecule has 1 aromatic carbocycles. The van der Waals surface area contributed by atoms with Crippen molar-refractivity contribution in [3.63, 3.8) is 0 Å². The van der Waals surface area contributed by atoms with Crippen LogP contribution in [0.4, 0.5) is 9.18 Å². The second kappa shape index (κ2) is 8.05. The monoisotopic (exact) mass is 475 g/mol. The number of hydrogen-bond donors (Lipinski definition) is 0. The zero-order valence-corrected chi connectivity index (χ0v) is 20.1. The molecule has 0 bridgehead atoms. The first-order valence-corrected chi connectivity index (χ1v) is 11.4. The summed E-state index contributed by atoms with van der Waals surface area (Å²) in [5, 5.41) is 16.2. The van der Waals surface area contributed by atoms with E-state index in [1.54, 1.807) is 35.3 Å². The van der Waals surface area contributed by atoms with E-state index < -0.39 is 11.1 Å². The lowest BCUT2D eigenvalue weighted by Crippen LogP contribution is -2.52. The Balaban J connectivity index is 1.51. The van der Waals surface area contributed by atoms with Gasteiger partial charge in [0.05, 0.1) is 36.4 Å². The highest BCUT2D eigenvalue weighted by Crippen LogP contribution is 2.33. The van der Waals surface area contributed by atoms with Crippen LogP contribution in [-0.4, -0.2) is 67.9 Å². The van der Waals surface area contributed by atoms with Gasteiger partial charge in [0, 0.05) is 18.7 Å². The molecule has 4 heterocycles. The Morgan fingerprint density at radius 2 is 1.94 bits per heavy atom. The highest BCUT2D eigenvalue weighted by molar-refractivity contribution is 6.16. The Bertz CT molecular complexity index is 1310. The smallest absolute Gasteiger partial charge is 0.410 e. The molecule has 1 aromatic heterocycles. The number of aromatic nitrogens is 2. The number of hydrogen-bond acceptors (Lipinski definition) is 7. The third kappa shape index (κ3) is 4.07. The van der Waals surface area contributed by atoms with Gasteiger partial charge in [0.1, 0.15) is 23.0 Å². The summed E-state index contributed by atoms with van der Waals surface area (Å²) < 4.78 is 21.1. The number of hydrazone groups is 1. The molecule has 0 saturated carbocycles. The summed E-state index contributed by atoms with van der Waals surface area (Å²) in [4.78, 5) is 23.2. The molecule has 0 spiro atoms. The molecule has 1 saturated heterocycles. The molecule has 3 aliphatic heterocycles. The average molecular weight is 476 g/mol. The normalized spacial score (nSPS) is 21.7. The summed E-state index contributed by atoms with van der Waals surface area (Å²) in [7, 11) is 0. The zero-order chi connectivity index (χ0) is 25.0. The van der Waals surface area contributed by atoms with Gasteiger partial charge in [-0.1, -0.05) is 0 Å². The molecule has 9 nitrogen and oxygen atoms in total. The van der Waals surface area contributed by atoms with Crippen LogP contribution < -0.4 is 0 Å². The van der Waals surface area contributed by atoms with Crippen LogP contribution in [-0.2, 0) is 4.74 Å². The van der Waals surface area contributed by atoms with Crippen molar-refractivity contribution in [1.29, 1.82) is 5.26 Å². The Kier molecular flexibility index (Phi) is 5.24. The molecule has 1 fully saturated rings. The largest absolute Gasteiger partial charge is 0.444 e. The van der Waals surface area contributed by atoms with E-state index in [0.717, 1.165) is 11.3 Å².